The Balaban J connectivity index is 2.38. The zero-order chi connectivity index (χ0) is 13.5. The first kappa shape index (κ1) is 12.0. The van der Waals surface area contributed by atoms with Crippen LogP contribution in [0.15, 0.2) is 54.6 Å². The largest absolute Gasteiger partial charge is 0.265 e. The minimum atomic E-state index is 0.0643. The van der Waals surface area contributed by atoms with E-state index in [0.29, 0.717) is 0 Å². The second-order valence-electron chi connectivity index (χ2n) is 5.91. The monoisotopic (exact) mass is 251 g/mol. The molecular formula is C17H19N2+. The summed E-state index contributed by atoms with van der Waals surface area (Å²) in [6.45, 7) is 6.70. The summed E-state index contributed by atoms with van der Waals surface area (Å²) in [6.07, 6.45) is 0. The van der Waals surface area contributed by atoms with Crippen molar-refractivity contribution in [2.75, 3.05) is 0 Å². The standard InChI is InChI=1S/C17H18N2/c1-17(2,3)16-18-14-11-7-8-12-15(14)19(16)13-9-5-4-6-10-13/h4-12H,1-3H3/p+1. The van der Waals surface area contributed by atoms with Gasteiger partial charge in [0.15, 0.2) is 11.0 Å². The van der Waals surface area contributed by atoms with Gasteiger partial charge < -0.3 is 0 Å². The maximum atomic E-state index is 3.57. The Kier molecular flexibility index (Phi) is 2.67. The van der Waals surface area contributed by atoms with Crippen LogP contribution in [0.2, 0.25) is 0 Å². The number of H-pyrrole nitrogens is 1. The van der Waals surface area contributed by atoms with Gasteiger partial charge in [0.1, 0.15) is 5.69 Å². The molecule has 96 valence electrons. The van der Waals surface area contributed by atoms with Gasteiger partial charge in [-0.1, -0.05) is 30.3 Å². The van der Waals surface area contributed by atoms with E-state index in [-0.39, 0.29) is 5.41 Å². The molecular weight excluding hydrogens is 232 g/mol. The summed E-state index contributed by atoms with van der Waals surface area (Å²) in [7, 11) is 0. The Hall–Kier alpha value is -2.09. The molecule has 0 bridgehead atoms. The number of hydrogen-bond acceptors (Lipinski definition) is 0. The maximum Gasteiger partial charge on any atom is 0.265 e. The zero-order valence-electron chi connectivity index (χ0n) is 11.6. The predicted octanol–water partition coefficient (Wildman–Crippen LogP) is 3.74. The number of imidazole rings is 1. The van der Waals surface area contributed by atoms with E-state index in [0.717, 1.165) is 0 Å². The summed E-state index contributed by atoms with van der Waals surface area (Å²) in [4.78, 5) is 3.57. The van der Waals surface area contributed by atoms with Gasteiger partial charge in [-0.15, -0.1) is 0 Å². The summed E-state index contributed by atoms with van der Waals surface area (Å²) < 4.78 is 2.31. The molecule has 0 amide bonds. The van der Waals surface area contributed by atoms with Crippen LogP contribution in [0.25, 0.3) is 16.7 Å². The van der Waals surface area contributed by atoms with Crippen LogP contribution in [0.1, 0.15) is 26.6 Å². The van der Waals surface area contributed by atoms with E-state index in [1.54, 1.807) is 0 Å². The van der Waals surface area contributed by atoms with Crippen molar-refractivity contribution in [1.29, 1.82) is 0 Å². The fourth-order valence-electron chi connectivity index (χ4n) is 2.45. The Morgan fingerprint density at radius 1 is 0.842 bits per heavy atom. The molecule has 1 heterocycles. The third kappa shape index (κ3) is 2.03. The summed E-state index contributed by atoms with van der Waals surface area (Å²) in [5, 5.41) is 0. The molecule has 3 rings (SSSR count). The minimum absolute atomic E-state index is 0.0643. The quantitative estimate of drug-likeness (QED) is 0.636. The van der Waals surface area contributed by atoms with Crippen molar-refractivity contribution in [3.8, 4) is 5.69 Å². The second kappa shape index (κ2) is 4.23. The van der Waals surface area contributed by atoms with Crippen LogP contribution in [0.3, 0.4) is 0 Å². The van der Waals surface area contributed by atoms with Crippen LogP contribution >= 0.6 is 0 Å². The molecule has 0 saturated carbocycles. The number of aromatic amines is 1. The lowest BCUT2D eigenvalue weighted by atomic mass is 9.95. The number of nitrogens with one attached hydrogen (secondary N) is 1. The molecule has 0 unspecified atom stereocenters. The highest BCUT2D eigenvalue weighted by Gasteiger charge is 2.30. The number of hydrogen-bond donors (Lipinski definition) is 1. The molecule has 0 spiro atoms. The van der Waals surface area contributed by atoms with Crippen LogP contribution in [0, 0.1) is 0 Å². The fraction of sp³-hybridized carbons (Fsp3) is 0.235. The number of aromatic nitrogens is 2. The van der Waals surface area contributed by atoms with Gasteiger partial charge in [0.25, 0.3) is 5.82 Å². The third-order valence-corrected chi connectivity index (χ3v) is 3.35. The number of benzene rings is 2. The minimum Gasteiger partial charge on any atom is -0.240 e. The van der Waals surface area contributed by atoms with Gasteiger partial charge in [-0.3, -0.25) is 0 Å². The van der Waals surface area contributed by atoms with E-state index in [2.05, 4.69) is 84.9 Å². The molecule has 0 aliphatic carbocycles. The van der Waals surface area contributed by atoms with Gasteiger partial charge in [0, 0.05) is 0 Å². The van der Waals surface area contributed by atoms with Gasteiger partial charge >= 0.3 is 0 Å². The van der Waals surface area contributed by atoms with E-state index in [4.69, 9.17) is 0 Å². The van der Waals surface area contributed by atoms with Crippen molar-refractivity contribution >= 4 is 11.0 Å². The van der Waals surface area contributed by atoms with Crippen LogP contribution < -0.4 is 4.57 Å². The van der Waals surface area contributed by atoms with Crippen molar-refractivity contribution in [2.45, 2.75) is 26.2 Å². The van der Waals surface area contributed by atoms with Crippen molar-refractivity contribution in [2.24, 2.45) is 0 Å². The van der Waals surface area contributed by atoms with Crippen LogP contribution in [-0.2, 0) is 5.41 Å². The molecule has 1 aromatic heterocycles. The lowest BCUT2D eigenvalue weighted by Crippen LogP contribution is -2.39. The Morgan fingerprint density at radius 2 is 1.47 bits per heavy atom. The molecule has 2 aromatic carbocycles. The molecule has 0 aliphatic heterocycles. The van der Waals surface area contributed by atoms with E-state index < -0.39 is 0 Å². The smallest absolute Gasteiger partial charge is 0.240 e. The average molecular weight is 251 g/mol. The van der Waals surface area contributed by atoms with Crippen molar-refractivity contribution in [1.82, 2.24) is 4.98 Å². The maximum absolute atomic E-state index is 3.57. The highest BCUT2D eigenvalue weighted by molar-refractivity contribution is 5.72. The summed E-state index contributed by atoms with van der Waals surface area (Å²) in [6, 6.07) is 19.0. The first-order valence-corrected chi connectivity index (χ1v) is 6.66. The normalized spacial score (nSPS) is 11.9. The van der Waals surface area contributed by atoms with E-state index in [1.165, 1.54) is 22.5 Å². The van der Waals surface area contributed by atoms with Crippen LogP contribution in [-0.4, -0.2) is 4.98 Å². The van der Waals surface area contributed by atoms with Gasteiger partial charge in [0.2, 0.25) is 0 Å². The molecule has 3 aromatic rings. The highest BCUT2D eigenvalue weighted by Crippen LogP contribution is 2.22. The highest BCUT2D eigenvalue weighted by atomic mass is 15.1. The first-order chi connectivity index (χ1) is 9.07. The Bertz CT molecular complexity index is 703. The lowest BCUT2D eigenvalue weighted by Gasteiger charge is -2.13. The summed E-state index contributed by atoms with van der Waals surface area (Å²) >= 11 is 0. The number of para-hydroxylation sites is 3. The molecule has 19 heavy (non-hydrogen) atoms. The molecule has 0 aliphatic rings. The van der Waals surface area contributed by atoms with Crippen molar-refractivity contribution < 1.29 is 4.57 Å². The van der Waals surface area contributed by atoms with Gasteiger partial charge in [-0.25, -0.2) is 4.98 Å². The SMILES string of the molecule is CC(C)(C)c1[nH]c2ccccc2[n+]1-c1ccccc1. The molecule has 2 heteroatoms. The van der Waals surface area contributed by atoms with Crippen LogP contribution in [0.4, 0.5) is 0 Å². The zero-order valence-corrected chi connectivity index (χ0v) is 11.6. The third-order valence-electron chi connectivity index (χ3n) is 3.35. The van der Waals surface area contributed by atoms with E-state index >= 15 is 0 Å². The van der Waals surface area contributed by atoms with Crippen molar-refractivity contribution in [3.63, 3.8) is 0 Å². The lowest BCUT2D eigenvalue weighted by molar-refractivity contribution is -0.580. The summed E-state index contributed by atoms with van der Waals surface area (Å²) in [5.74, 6) is 1.22. The topological polar surface area (TPSA) is 19.7 Å². The molecule has 0 atom stereocenters. The summed E-state index contributed by atoms with van der Waals surface area (Å²) in [5.41, 5.74) is 3.66. The number of rotatable bonds is 1. The first-order valence-electron chi connectivity index (χ1n) is 6.66. The number of fused-ring (bicyclic) bond motifs is 1. The molecule has 0 radical (unpaired) electrons. The molecule has 2 nitrogen and oxygen atoms in total. The molecule has 1 N–H and O–H groups in total. The van der Waals surface area contributed by atoms with Gasteiger partial charge in [-0.05, 0) is 45.0 Å². The van der Waals surface area contributed by atoms with E-state index in [9.17, 15) is 0 Å². The molecule has 0 saturated heterocycles. The van der Waals surface area contributed by atoms with Crippen LogP contribution in [0.5, 0.6) is 0 Å². The second-order valence-corrected chi connectivity index (χ2v) is 5.91. The van der Waals surface area contributed by atoms with Gasteiger partial charge in [0.05, 0.1) is 5.41 Å². The number of nitrogens with zero attached hydrogens (tertiary/aromatic N) is 1. The van der Waals surface area contributed by atoms with Gasteiger partial charge in [-0.2, -0.15) is 4.57 Å². The average Bonchev–Trinajstić information content (AvgIpc) is 2.79. The Morgan fingerprint density at radius 3 is 2.16 bits per heavy atom. The molecule has 0 fully saturated rings. The predicted molar refractivity (Wildman–Crippen MR) is 78.5 cm³/mol. The van der Waals surface area contributed by atoms with Crippen molar-refractivity contribution in [3.05, 3.63) is 60.4 Å². The fourth-order valence-corrected chi connectivity index (χ4v) is 2.45. The van der Waals surface area contributed by atoms with E-state index in [1.807, 2.05) is 0 Å². The Labute approximate surface area is 113 Å².